The lowest BCUT2D eigenvalue weighted by atomic mass is 10.1. The van der Waals surface area contributed by atoms with Crippen LogP contribution in [0.4, 0.5) is 0 Å². The zero-order valence-corrected chi connectivity index (χ0v) is 11.0. The molecule has 0 radical (unpaired) electrons. The Balaban J connectivity index is 2.31. The molecule has 1 aromatic rings. The number of likely N-dealkylation sites (N-methyl/N-ethyl adjacent to an activating group) is 1. The van der Waals surface area contributed by atoms with Crippen LogP contribution in [0.2, 0.25) is 0 Å². The minimum Gasteiger partial charge on any atom is -0.267 e. The molecule has 3 nitrogen and oxygen atoms in total. The van der Waals surface area contributed by atoms with E-state index in [0.29, 0.717) is 5.57 Å². The Labute approximate surface area is 103 Å². The van der Waals surface area contributed by atoms with Crippen molar-refractivity contribution in [1.82, 2.24) is 5.01 Å². The zero-order valence-electron chi connectivity index (χ0n) is 9.35. The Morgan fingerprint density at radius 2 is 2.25 bits per heavy atom. The van der Waals surface area contributed by atoms with Crippen LogP contribution < -0.4 is 0 Å². The Morgan fingerprint density at radius 3 is 2.75 bits per heavy atom. The summed E-state index contributed by atoms with van der Waals surface area (Å²) in [6.07, 6.45) is 3.96. The van der Waals surface area contributed by atoms with Gasteiger partial charge in [-0.2, -0.15) is 5.10 Å². The summed E-state index contributed by atoms with van der Waals surface area (Å²) in [4.78, 5) is 12.8. The number of thioether (sulfide) groups is 1. The highest BCUT2D eigenvalue weighted by atomic mass is 32.2. The number of carbonyl (C=O) groups excluding carboxylic acids is 1. The van der Waals surface area contributed by atoms with Crippen LogP contribution in [0.3, 0.4) is 0 Å². The van der Waals surface area contributed by atoms with E-state index in [1.54, 1.807) is 30.1 Å². The van der Waals surface area contributed by atoms with Crippen LogP contribution in [0.25, 0.3) is 6.08 Å². The number of rotatable bonds is 2. The highest BCUT2D eigenvalue weighted by Crippen LogP contribution is 2.28. The molecule has 1 aromatic heterocycles. The summed E-state index contributed by atoms with van der Waals surface area (Å²) < 4.78 is 1.25. The van der Waals surface area contributed by atoms with E-state index in [0.717, 1.165) is 10.6 Å². The van der Waals surface area contributed by atoms with Crippen LogP contribution in [0, 0.1) is 0 Å². The Bertz CT molecular complexity index is 488. The van der Waals surface area contributed by atoms with Gasteiger partial charge in [-0.15, -0.1) is 23.1 Å². The van der Waals surface area contributed by atoms with Crippen molar-refractivity contribution >= 4 is 40.8 Å². The number of hydrogen-bond donors (Lipinski definition) is 0. The fraction of sp³-hybridized carbons (Fsp3) is 0.273. The minimum absolute atomic E-state index is 0.0309. The fourth-order valence-corrected chi connectivity index (χ4v) is 2.99. The molecule has 0 aliphatic carbocycles. The summed E-state index contributed by atoms with van der Waals surface area (Å²) in [7, 11) is 1.68. The quantitative estimate of drug-likeness (QED) is 0.599. The number of thiophene rings is 1. The molecule has 84 valence electrons. The summed E-state index contributed by atoms with van der Waals surface area (Å²) in [5, 5.41) is 5.49. The third kappa shape index (κ3) is 2.05. The maximum absolute atomic E-state index is 11.7. The summed E-state index contributed by atoms with van der Waals surface area (Å²) in [5.74, 6) is -0.0309. The van der Waals surface area contributed by atoms with Gasteiger partial charge in [0.1, 0.15) is 0 Å². The van der Waals surface area contributed by atoms with Crippen LogP contribution >= 0.6 is 23.1 Å². The van der Waals surface area contributed by atoms with Gasteiger partial charge in [0.05, 0.1) is 15.5 Å². The number of amides is 1. The van der Waals surface area contributed by atoms with Crippen LogP contribution in [0.15, 0.2) is 27.0 Å². The monoisotopic (exact) mass is 252 g/mol. The lowest BCUT2D eigenvalue weighted by Crippen LogP contribution is -2.16. The molecule has 16 heavy (non-hydrogen) atoms. The van der Waals surface area contributed by atoms with Crippen molar-refractivity contribution in [3.05, 3.63) is 22.6 Å². The molecule has 2 heterocycles. The molecule has 0 spiro atoms. The van der Waals surface area contributed by atoms with E-state index in [1.165, 1.54) is 9.22 Å². The summed E-state index contributed by atoms with van der Waals surface area (Å²) in [6, 6.07) is 4.10. The van der Waals surface area contributed by atoms with Gasteiger partial charge in [0.2, 0.25) is 0 Å². The molecule has 0 atom stereocenters. The molecular weight excluding hydrogens is 240 g/mol. The van der Waals surface area contributed by atoms with Crippen LogP contribution in [-0.4, -0.2) is 29.9 Å². The standard InChI is InChI=1S/C11H12N2OS2/c1-7-9(11(14)13(2)12-7)6-8-4-5-10(15-3)16-8/h4-6H,1-3H3/b9-6-. The van der Waals surface area contributed by atoms with Crippen molar-refractivity contribution < 1.29 is 4.79 Å². The van der Waals surface area contributed by atoms with Crippen LogP contribution in [0.5, 0.6) is 0 Å². The second kappa shape index (κ2) is 4.43. The molecule has 0 unspecified atom stereocenters. The zero-order chi connectivity index (χ0) is 11.7. The molecule has 0 bridgehead atoms. The maximum Gasteiger partial charge on any atom is 0.275 e. The summed E-state index contributed by atoms with van der Waals surface area (Å²) >= 11 is 3.40. The molecule has 0 N–H and O–H groups in total. The molecule has 0 saturated carbocycles. The van der Waals surface area contributed by atoms with Gasteiger partial charge in [-0.05, 0) is 31.4 Å². The van der Waals surface area contributed by atoms with Crippen molar-refractivity contribution in [3.63, 3.8) is 0 Å². The smallest absolute Gasteiger partial charge is 0.267 e. The molecule has 1 aliphatic heterocycles. The molecule has 2 rings (SSSR count). The molecule has 1 amide bonds. The number of hydrogen-bond acceptors (Lipinski definition) is 4. The van der Waals surface area contributed by atoms with Gasteiger partial charge >= 0.3 is 0 Å². The van der Waals surface area contributed by atoms with Gasteiger partial charge in [-0.1, -0.05) is 0 Å². The predicted octanol–water partition coefficient (Wildman–Crippen LogP) is 2.70. The highest BCUT2D eigenvalue weighted by molar-refractivity contribution is 8.00. The largest absolute Gasteiger partial charge is 0.275 e. The third-order valence-electron chi connectivity index (χ3n) is 2.30. The second-order valence-electron chi connectivity index (χ2n) is 3.43. The molecule has 0 fully saturated rings. The van der Waals surface area contributed by atoms with E-state index >= 15 is 0 Å². The van der Waals surface area contributed by atoms with E-state index in [9.17, 15) is 4.79 Å². The predicted molar refractivity (Wildman–Crippen MR) is 70.0 cm³/mol. The normalized spacial score (nSPS) is 18.4. The SMILES string of the molecule is CSc1ccc(/C=C2\C(=O)N(C)N=C2C)s1. The summed E-state index contributed by atoms with van der Waals surface area (Å²) in [6.45, 7) is 1.86. The highest BCUT2D eigenvalue weighted by Gasteiger charge is 2.24. The first kappa shape index (κ1) is 11.4. The van der Waals surface area contributed by atoms with Crippen LogP contribution in [-0.2, 0) is 4.79 Å². The second-order valence-corrected chi connectivity index (χ2v) is 5.65. The minimum atomic E-state index is -0.0309. The first-order chi connectivity index (χ1) is 7.61. The van der Waals surface area contributed by atoms with Gasteiger partial charge in [0, 0.05) is 11.9 Å². The average Bonchev–Trinajstić information content (AvgIpc) is 2.80. The maximum atomic E-state index is 11.7. The lowest BCUT2D eigenvalue weighted by molar-refractivity contribution is -0.124. The van der Waals surface area contributed by atoms with Crippen molar-refractivity contribution in [2.75, 3.05) is 13.3 Å². The van der Waals surface area contributed by atoms with Crippen molar-refractivity contribution in [2.24, 2.45) is 5.10 Å². The Morgan fingerprint density at radius 1 is 1.50 bits per heavy atom. The molecule has 5 heteroatoms. The first-order valence-electron chi connectivity index (χ1n) is 4.81. The molecular formula is C11H12N2OS2. The van der Waals surface area contributed by atoms with Gasteiger partial charge in [-0.25, -0.2) is 5.01 Å². The third-order valence-corrected chi connectivity index (χ3v) is 4.42. The molecule has 0 saturated heterocycles. The van der Waals surface area contributed by atoms with E-state index in [-0.39, 0.29) is 5.91 Å². The number of hydrazone groups is 1. The van der Waals surface area contributed by atoms with Crippen molar-refractivity contribution in [3.8, 4) is 0 Å². The van der Waals surface area contributed by atoms with Crippen LogP contribution in [0.1, 0.15) is 11.8 Å². The van der Waals surface area contributed by atoms with Gasteiger partial charge in [0.25, 0.3) is 5.91 Å². The summed E-state index contributed by atoms with van der Waals surface area (Å²) in [5.41, 5.74) is 1.48. The number of carbonyl (C=O) groups is 1. The fourth-order valence-electron chi connectivity index (χ4n) is 1.48. The van der Waals surface area contributed by atoms with Crippen molar-refractivity contribution in [2.45, 2.75) is 11.1 Å². The van der Waals surface area contributed by atoms with E-state index in [2.05, 4.69) is 11.2 Å². The van der Waals surface area contributed by atoms with Crippen molar-refractivity contribution in [1.29, 1.82) is 0 Å². The molecule has 1 aliphatic rings. The topological polar surface area (TPSA) is 32.7 Å². The molecule has 0 aromatic carbocycles. The average molecular weight is 252 g/mol. The lowest BCUT2D eigenvalue weighted by Gasteiger charge is -2.00. The first-order valence-corrected chi connectivity index (χ1v) is 6.85. The van der Waals surface area contributed by atoms with Gasteiger partial charge < -0.3 is 0 Å². The van der Waals surface area contributed by atoms with E-state index in [1.807, 2.05) is 25.3 Å². The Kier molecular flexibility index (Phi) is 3.16. The number of nitrogens with zero attached hydrogens (tertiary/aromatic N) is 2. The van der Waals surface area contributed by atoms with E-state index in [4.69, 9.17) is 0 Å². The Hall–Kier alpha value is -1.07. The van der Waals surface area contributed by atoms with Gasteiger partial charge in [0.15, 0.2) is 0 Å². The van der Waals surface area contributed by atoms with Gasteiger partial charge in [-0.3, -0.25) is 4.79 Å². The van der Waals surface area contributed by atoms with E-state index < -0.39 is 0 Å².